The number of anilines is 3. The van der Waals surface area contributed by atoms with Crippen LogP contribution in [0.5, 0.6) is 0 Å². The van der Waals surface area contributed by atoms with Crippen molar-refractivity contribution in [1.29, 1.82) is 0 Å². The Morgan fingerprint density at radius 3 is 2.84 bits per heavy atom. The van der Waals surface area contributed by atoms with Crippen LogP contribution in [-0.4, -0.2) is 24.7 Å². The fraction of sp³-hybridized carbons (Fsp3) is 0.158. The van der Waals surface area contributed by atoms with Gasteiger partial charge in [-0.2, -0.15) is 0 Å². The van der Waals surface area contributed by atoms with E-state index in [-0.39, 0.29) is 5.97 Å². The summed E-state index contributed by atoms with van der Waals surface area (Å²) < 4.78 is 4.79. The highest BCUT2D eigenvalue weighted by atomic mass is 16.5. The Bertz CT molecular complexity index is 957. The summed E-state index contributed by atoms with van der Waals surface area (Å²) in [5.74, 6) is 0.0436. The van der Waals surface area contributed by atoms with Crippen LogP contribution >= 0.6 is 0 Å². The van der Waals surface area contributed by atoms with Gasteiger partial charge in [-0.25, -0.2) is 9.78 Å². The molecule has 0 radical (unpaired) electrons. The fourth-order valence-corrected chi connectivity index (χ4v) is 3.21. The van der Waals surface area contributed by atoms with Crippen molar-refractivity contribution in [3.63, 3.8) is 0 Å². The summed E-state index contributed by atoms with van der Waals surface area (Å²) in [5, 5.41) is 4.28. The molecule has 126 valence electrons. The van der Waals surface area contributed by atoms with E-state index < -0.39 is 0 Å². The lowest BCUT2D eigenvalue weighted by molar-refractivity contribution is 0.0601. The first-order chi connectivity index (χ1) is 12.2. The van der Waals surface area contributed by atoms with Crippen LogP contribution in [0.3, 0.4) is 0 Å². The second kappa shape index (κ2) is 5.98. The predicted molar refractivity (Wildman–Crippen MR) is 98.6 cm³/mol. The topological polar surface area (TPSA) is 80.5 Å². The molecule has 0 amide bonds. The second-order valence-electron chi connectivity index (χ2n) is 5.96. The van der Waals surface area contributed by atoms with Crippen molar-refractivity contribution in [2.45, 2.75) is 6.54 Å². The largest absolute Gasteiger partial charge is 0.465 e. The van der Waals surface area contributed by atoms with Crippen molar-refractivity contribution in [2.75, 3.05) is 29.7 Å². The van der Waals surface area contributed by atoms with Gasteiger partial charge in [0.05, 0.1) is 30.5 Å². The molecule has 6 nitrogen and oxygen atoms in total. The van der Waals surface area contributed by atoms with Crippen molar-refractivity contribution in [2.24, 2.45) is 0 Å². The van der Waals surface area contributed by atoms with Crippen LogP contribution in [0.1, 0.15) is 15.9 Å². The molecule has 0 bridgehead atoms. The molecule has 0 saturated carbocycles. The number of pyridine rings is 1. The normalized spacial score (nSPS) is 12.8. The molecule has 1 aromatic heterocycles. The van der Waals surface area contributed by atoms with E-state index in [0.29, 0.717) is 23.6 Å². The Kier molecular flexibility index (Phi) is 3.65. The number of nitrogens with two attached hydrogens (primary N) is 1. The van der Waals surface area contributed by atoms with Crippen molar-refractivity contribution in [3.05, 3.63) is 59.7 Å². The minimum absolute atomic E-state index is 0.387. The molecule has 1 aliphatic heterocycles. The molecule has 3 aromatic rings. The summed E-state index contributed by atoms with van der Waals surface area (Å²) >= 11 is 0. The first-order valence-corrected chi connectivity index (χ1v) is 8.01. The maximum absolute atomic E-state index is 11.8. The standard InChI is InChI=1S/C19H18N4O2/c1-25-19(24)13-7-8-14-15(9-13)22-18(20)16-17(14)23(11-21-16)10-12-5-3-2-4-6-12/h2-9,21H,10-11H2,1H3,(H2,20,22). The van der Waals surface area contributed by atoms with Gasteiger partial charge in [0.15, 0.2) is 0 Å². The molecular weight excluding hydrogens is 316 g/mol. The van der Waals surface area contributed by atoms with Crippen LogP contribution in [0.2, 0.25) is 0 Å². The molecule has 0 unspecified atom stereocenters. The highest BCUT2D eigenvalue weighted by Gasteiger charge is 2.25. The first kappa shape index (κ1) is 15.3. The van der Waals surface area contributed by atoms with Crippen LogP contribution in [0, 0.1) is 0 Å². The van der Waals surface area contributed by atoms with E-state index in [9.17, 15) is 4.79 Å². The maximum Gasteiger partial charge on any atom is 0.337 e. The third-order valence-electron chi connectivity index (χ3n) is 4.39. The minimum Gasteiger partial charge on any atom is -0.465 e. The molecular formula is C19H18N4O2. The molecule has 0 atom stereocenters. The van der Waals surface area contributed by atoms with Gasteiger partial charge in [-0.15, -0.1) is 0 Å². The zero-order chi connectivity index (χ0) is 17.4. The first-order valence-electron chi connectivity index (χ1n) is 8.01. The van der Waals surface area contributed by atoms with Gasteiger partial charge in [0.2, 0.25) is 0 Å². The van der Waals surface area contributed by atoms with Crippen molar-refractivity contribution in [3.8, 4) is 0 Å². The SMILES string of the molecule is COC(=O)c1ccc2c3c(c(N)nc2c1)NCN3Cc1ccccc1. The second-order valence-corrected chi connectivity index (χ2v) is 5.96. The average Bonchev–Trinajstić information content (AvgIpc) is 3.06. The summed E-state index contributed by atoms with van der Waals surface area (Å²) in [6.07, 6.45) is 0. The van der Waals surface area contributed by atoms with Gasteiger partial charge in [-0.1, -0.05) is 30.3 Å². The molecule has 3 N–H and O–H groups in total. The Morgan fingerprint density at radius 2 is 2.08 bits per heavy atom. The number of hydrogen-bond acceptors (Lipinski definition) is 6. The number of nitrogens with one attached hydrogen (secondary N) is 1. The number of benzene rings is 2. The molecule has 2 heterocycles. The molecule has 2 aromatic carbocycles. The molecule has 0 saturated heterocycles. The lowest BCUT2D eigenvalue weighted by atomic mass is 10.1. The zero-order valence-electron chi connectivity index (χ0n) is 13.8. The molecule has 0 spiro atoms. The molecule has 25 heavy (non-hydrogen) atoms. The number of methoxy groups -OCH3 is 1. The lowest BCUT2D eigenvalue weighted by Gasteiger charge is -2.20. The van der Waals surface area contributed by atoms with Gasteiger partial charge in [0.1, 0.15) is 11.5 Å². The van der Waals surface area contributed by atoms with Gasteiger partial charge in [0.25, 0.3) is 0 Å². The van der Waals surface area contributed by atoms with Crippen molar-refractivity contribution in [1.82, 2.24) is 4.98 Å². The summed E-state index contributed by atoms with van der Waals surface area (Å²) in [5.41, 5.74) is 10.4. The van der Waals surface area contributed by atoms with Gasteiger partial charge in [0, 0.05) is 11.9 Å². The fourth-order valence-electron chi connectivity index (χ4n) is 3.21. The van der Waals surface area contributed by atoms with E-state index in [1.54, 1.807) is 12.1 Å². The molecule has 4 rings (SSSR count). The zero-order valence-corrected chi connectivity index (χ0v) is 13.8. The summed E-state index contributed by atoms with van der Waals surface area (Å²) in [7, 11) is 1.36. The number of hydrogen-bond donors (Lipinski definition) is 2. The van der Waals surface area contributed by atoms with Crippen LogP contribution in [0.25, 0.3) is 10.9 Å². The number of rotatable bonds is 3. The maximum atomic E-state index is 11.8. The highest BCUT2D eigenvalue weighted by Crippen LogP contribution is 2.41. The molecule has 0 fully saturated rings. The molecule has 0 aliphatic carbocycles. The van der Waals surface area contributed by atoms with Crippen LogP contribution < -0.4 is 16.0 Å². The minimum atomic E-state index is -0.387. The number of fused-ring (bicyclic) bond motifs is 3. The third kappa shape index (κ3) is 2.61. The van der Waals surface area contributed by atoms with Crippen LogP contribution in [0.15, 0.2) is 48.5 Å². The van der Waals surface area contributed by atoms with Gasteiger partial charge in [-0.05, 0) is 23.8 Å². The van der Waals surface area contributed by atoms with Crippen LogP contribution in [-0.2, 0) is 11.3 Å². The number of nitrogens with zero attached hydrogens (tertiary/aromatic N) is 2. The Hall–Kier alpha value is -3.28. The highest BCUT2D eigenvalue weighted by molar-refractivity contribution is 6.05. The van der Waals surface area contributed by atoms with Crippen molar-refractivity contribution < 1.29 is 9.53 Å². The number of ether oxygens (including phenoxy) is 1. The van der Waals surface area contributed by atoms with Gasteiger partial charge >= 0.3 is 5.97 Å². The van der Waals surface area contributed by atoms with E-state index in [0.717, 1.165) is 23.3 Å². The Labute approximate surface area is 145 Å². The van der Waals surface area contributed by atoms with Gasteiger partial charge in [-0.3, -0.25) is 0 Å². The number of nitrogen functional groups attached to an aromatic ring is 1. The number of carbonyl (C=O) groups excluding carboxylic acids is 1. The summed E-state index contributed by atoms with van der Waals surface area (Å²) in [4.78, 5) is 18.4. The Morgan fingerprint density at radius 1 is 1.28 bits per heavy atom. The Balaban J connectivity index is 1.81. The third-order valence-corrected chi connectivity index (χ3v) is 4.39. The summed E-state index contributed by atoms with van der Waals surface area (Å²) in [6.45, 7) is 1.42. The number of esters is 1. The van der Waals surface area contributed by atoms with E-state index in [2.05, 4.69) is 27.3 Å². The van der Waals surface area contributed by atoms with E-state index in [1.165, 1.54) is 12.7 Å². The van der Waals surface area contributed by atoms with E-state index in [4.69, 9.17) is 10.5 Å². The predicted octanol–water partition coefficient (Wildman–Crippen LogP) is 2.99. The lowest BCUT2D eigenvalue weighted by Crippen LogP contribution is -2.22. The molecule has 6 heteroatoms. The summed E-state index contributed by atoms with van der Waals surface area (Å²) in [6, 6.07) is 15.6. The number of carbonyl (C=O) groups is 1. The number of aromatic nitrogens is 1. The quantitative estimate of drug-likeness (QED) is 0.717. The smallest absolute Gasteiger partial charge is 0.337 e. The molecule has 1 aliphatic rings. The van der Waals surface area contributed by atoms with Crippen LogP contribution in [0.4, 0.5) is 17.2 Å². The van der Waals surface area contributed by atoms with E-state index in [1.807, 2.05) is 24.3 Å². The monoisotopic (exact) mass is 334 g/mol. The van der Waals surface area contributed by atoms with Gasteiger partial charge < -0.3 is 20.7 Å². The average molecular weight is 334 g/mol. The van der Waals surface area contributed by atoms with E-state index >= 15 is 0 Å². The van der Waals surface area contributed by atoms with Crippen molar-refractivity contribution >= 4 is 34.1 Å².